The molecule has 0 aliphatic carbocycles. The third kappa shape index (κ3) is 4.56. The normalized spacial score (nSPS) is 10.3. The topological polar surface area (TPSA) is 88.2 Å². The summed E-state index contributed by atoms with van der Waals surface area (Å²) >= 11 is 0. The highest BCUT2D eigenvalue weighted by molar-refractivity contribution is 5.66. The second-order valence-electron chi connectivity index (χ2n) is 2.83. The summed E-state index contributed by atoms with van der Waals surface area (Å²) in [6, 6.07) is 0. The molecule has 78 valence electrons. The minimum absolute atomic E-state index is 0.202. The van der Waals surface area contributed by atoms with Crippen molar-refractivity contribution in [3.63, 3.8) is 0 Å². The lowest BCUT2D eigenvalue weighted by Crippen LogP contribution is -2.19. The number of carboxylic acid groups (broad SMARTS) is 1. The lowest BCUT2D eigenvalue weighted by molar-refractivity contribution is -0.137. The Hall–Kier alpha value is -1.43. The standard InChI is InChI=1S/C8H13N3O3/c12-8(13)2-1-4-9-5-3-7-10-6-11-14-7/h6,9H,1-5H2,(H,12,13). The maximum Gasteiger partial charge on any atom is 0.303 e. The zero-order valence-corrected chi connectivity index (χ0v) is 7.77. The predicted octanol–water partition coefficient (Wildman–Crippen LogP) is 0.0665. The van der Waals surface area contributed by atoms with Gasteiger partial charge >= 0.3 is 5.97 Å². The largest absolute Gasteiger partial charge is 0.481 e. The molecule has 1 aromatic heterocycles. The predicted molar refractivity (Wildman–Crippen MR) is 47.7 cm³/mol. The molecule has 2 N–H and O–H groups in total. The molecule has 14 heavy (non-hydrogen) atoms. The summed E-state index contributed by atoms with van der Waals surface area (Å²) in [4.78, 5) is 14.0. The molecule has 6 nitrogen and oxygen atoms in total. The van der Waals surface area contributed by atoms with Crippen molar-refractivity contribution in [2.24, 2.45) is 0 Å². The molecule has 0 radical (unpaired) electrons. The van der Waals surface area contributed by atoms with Crippen LogP contribution in [-0.2, 0) is 11.2 Å². The van der Waals surface area contributed by atoms with E-state index in [0.717, 1.165) is 6.54 Å². The van der Waals surface area contributed by atoms with Crippen LogP contribution in [0.15, 0.2) is 10.9 Å². The van der Waals surface area contributed by atoms with E-state index < -0.39 is 5.97 Å². The Kier molecular flexibility index (Phi) is 4.63. The van der Waals surface area contributed by atoms with E-state index in [1.54, 1.807) is 0 Å². The highest BCUT2D eigenvalue weighted by Gasteiger charge is 1.98. The molecule has 0 aromatic carbocycles. The molecule has 1 heterocycles. The first kappa shape index (κ1) is 10.6. The number of carboxylic acids is 1. The van der Waals surface area contributed by atoms with Gasteiger partial charge in [-0.15, -0.1) is 0 Å². The molecule has 1 aromatic rings. The third-order valence-corrected chi connectivity index (χ3v) is 1.67. The van der Waals surface area contributed by atoms with Gasteiger partial charge < -0.3 is 14.9 Å². The molecule has 0 saturated heterocycles. The zero-order chi connectivity index (χ0) is 10.2. The van der Waals surface area contributed by atoms with Gasteiger partial charge in [-0.1, -0.05) is 5.16 Å². The zero-order valence-electron chi connectivity index (χ0n) is 7.77. The number of carbonyl (C=O) groups is 1. The van der Waals surface area contributed by atoms with E-state index in [9.17, 15) is 4.79 Å². The van der Waals surface area contributed by atoms with Crippen LogP contribution in [0, 0.1) is 0 Å². The molecule has 0 spiro atoms. The quantitative estimate of drug-likeness (QED) is 0.604. The fourth-order valence-electron chi connectivity index (χ4n) is 0.991. The van der Waals surface area contributed by atoms with Crippen LogP contribution < -0.4 is 5.32 Å². The maximum absolute atomic E-state index is 10.2. The van der Waals surface area contributed by atoms with Gasteiger partial charge in [0.2, 0.25) is 5.89 Å². The average Bonchev–Trinajstić information content (AvgIpc) is 2.63. The Bertz CT molecular complexity index is 261. The van der Waals surface area contributed by atoms with Crippen molar-refractivity contribution in [2.45, 2.75) is 19.3 Å². The van der Waals surface area contributed by atoms with Crippen LogP contribution >= 0.6 is 0 Å². The van der Waals surface area contributed by atoms with Crippen LogP contribution in [-0.4, -0.2) is 34.3 Å². The van der Waals surface area contributed by atoms with Crippen LogP contribution in [0.2, 0.25) is 0 Å². The van der Waals surface area contributed by atoms with E-state index in [4.69, 9.17) is 9.63 Å². The minimum Gasteiger partial charge on any atom is -0.481 e. The lowest BCUT2D eigenvalue weighted by atomic mass is 10.3. The number of aromatic nitrogens is 2. The van der Waals surface area contributed by atoms with Gasteiger partial charge in [-0.25, -0.2) is 0 Å². The molecule has 0 bridgehead atoms. The molecule has 0 amide bonds. The number of aliphatic carboxylic acids is 1. The van der Waals surface area contributed by atoms with E-state index in [-0.39, 0.29) is 6.42 Å². The summed E-state index contributed by atoms with van der Waals surface area (Å²) in [5, 5.41) is 14.9. The first-order valence-electron chi connectivity index (χ1n) is 4.47. The molecule has 1 rings (SSSR count). The number of hydrogen-bond acceptors (Lipinski definition) is 5. The number of rotatable bonds is 7. The molecule has 0 aliphatic heterocycles. The monoisotopic (exact) mass is 199 g/mol. The van der Waals surface area contributed by atoms with Crippen LogP contribution in [0.1, 0.15) is 18.7 Å². The van der Waals surface area contributed by atoms with Crippen molar-refractivity contribution in [3.05, 3.63) is 12.2 Å². The number of hydrogen-bond donors (Lipinski definition) is 2. The highest BCUT2D eigenvalue weighted by atomic mass is 16.5. The fraction of sp³-hybridized carbons (Fsp3) is 0.625. The smallest absolute Gasteiger partial charge is 0.303 e. The van der Waals surface area contributed by atoms with Crippen molar-refractivity contribution in [3.8, 4) is 0 Å². The Morgan fingerprint density at radius 2 is 2.43 bits per heavy atom. The lowest BCUT2D eigenvalue weighted by Gasteiger charge is -2.00. The Balaban J connectivity index is 1.92. The molecule has 0 aliphatic rings. The van der Waals surface area contributed by atoms with Crippen LogP contribution in [0.4, 0.5) is 0 Å². The minimum atomic E-state index is -0.760. The van der Waals surface area contributed by atoms with Crippen molar-refractivity contribution in [2.75, 3.05) is 13.1 Å². The third-order valence-electron chi connectivity index (χ3n) is 1.67. The SMILES string of the molecule is O=C(O)CCCNCCc1ncno1. The van der Waals surface area contributed by atoms with Gasteiger partial charge in [0, 0.05) is 19.4 Å². The molecule has 0 atom stereocenters. The molecular formula is C8H13N3O3. The second-order valence-corrected chi connectivity index (χ2v) is 2.83. The van der Waals surface area contributed by atoms with Gasteiger partial charge in [0.15, 0.2) is 6.33 Å². The van der Waals surface area contributed by atoms with Crippen molar-refractivity contribution < 1.29 is 14.4 Å². The summed E-state index contributed by atoms with van der Waals surface area (Å²) < 4.78 is 4.78. The van der Waals surface area contributed by atoms with Crippen molar-refractivity contribution in [1.82, 2.24) is 15.5 Å². The van der Waals surface area contributed by atoms with Gasteiger partial charge in [0.25, 0.3) is 0 Å². The van der Waals surface area contributed by atoms with Crippen LogP contribution in [0.5, 0.6) is 0 Å². The van der Waals surface area contributed by atoms with Gasteiger partial charge in [-0.2, -0.15) is 4.98 Å². The van der Waals surface area contributed by atoms with E-state index in [1.165, 1.54) is 6.33 Å². The summed E-state index contributed by atoms with van der Waals surface area (Å²) in [7, 11) is 0. The number of nitrogens with one attached hydrogen (secondary N) is 1. The van der Waals surface area contributed by atoms with Gasteiger partial charge in [0.05, 0.1) is 0 Å². The average molecular weight is 199 g/mol. The van der Waals surface area contributed by atoms with Crippen molar-refractivity contribution >= 4 is 5.97 Å². The fourth-order valence-corrected chi connectivity index (χ4v) is 0.991. The summed E-state index contributed by atoms with van der Waals surface area (Å²) in [6.45, 7) is 1.42. The van der Waals surface area contributed by atoms with E-state index in [1.807, 2.05) is 0 Å². The summed E-state index contributed by atoms with van der Waals surface area (Å²) in [5.74, 6) is -0.167. The van der Waals surface area contributed by atoms with Gasteiger partial charge in [-0.3, -0.25) is 4.79 Å². The summed E-state index contributed by atoms with van der Waals surface area (Å²) in [5.41, 5.74) is 0. The van der Waals surface area contributed by atoms with Crippen molar-refractivity contribution in [1.29, 1.82) is 0 Å². The Labute approximate surface area is 81.3 Å². The Morgan fingerprint density at radius 1 is 1.57 bits per heavy atom. The van der Waals surface area contributed by atoms with E-state index in [2.05, 4.69) is 15.5 Å². The molecule has 0 saturated carbocycles. The number of nitrogens with zero attached hydrogens (tertiary/aromatic N) is 2. The second kappa shape index (κ2) is 6.09. The maximum atomic E-state index is 10.2. The first-order chi connectivity index (χ1) is 6.79. The Morgan fingerprint density at radius 3 is 3.07 bits per heavy atom. The van der Waals surface area contributed by atoms with E-state index >= 15 is 0 Å². The van der Waals surface area contributed by atoms with E-state index in [0.29, 0.717) is 25.3 Å². The molecule has 0 fully saturated rings. The van der Waals surface area contributed by atoms with Crippen LogP contribution in [0.25, 0.3) is 0 Å². The van der Waals surface area contributed by atoms with Gasteiger partial charge in [0.1, 0.15) is 0 Å². The van der Waals surface area contributed by atoms with Crippen LogP contribution in [0.3, 0.4) is 0 Å². The van der Waals surface area contributed by atoms with Gasteiger partial charge in [-0.05, 0) is 13.0 Å². The first-order valence-corrected chi connectivity index (χ1v) is 4.47. The molecule has 6 heteroatoms. The molecular weight excluding hydrogens is 186 g/mol. The summed E-state index contributed by atoms with van der Waals surface area (Å²) in [6.07, 6.45) is 2.87. The molecule has 0 unspecified atom stereocenters. The highest BCUT2D eigenvalue weighted by Crippen LogP contribution is 1.91.